The Labute approximate surface area is 531 Å². The average Bonchev–Trinajstić information content (AvgIpc) is 0.913. The fraction of sp³-hybridized carbons (Fsp3) is 0. The molecular formula is C84H50B2N2O4. The van der Waals surface area contributed by atoms with Crippen molar-refractivity contribution in [2.75, 3.05) is 9.80 Å². The Kier molecular flexibility index (Phi) is 10.9. The van der Waals surface area contributed by atoms with Crippen LogP contribution in [0.3, 0.4) is 0 Å². The Morgan fingerprint density at radius 3 is 1.39 bits per heavy atom. The van der Waals surface area contributed by atoms with Crippen LogP contribution in [0.4, 0.5) is 34.1 Å². The predicted octanol–water partition coefficient (Wildman–Crippen LogP) is 18.6. The summed E-state index contributed by atoms with van der Waals surface area (Å²) < 4.78 is 29.3. The van der Waals surface area contributed by atoms with Crippen LogP contribution in [0.15, 0.2) is 312 Å². The van der Waals surface area contributed by atoms with E-state index in [1.807, 2.05) is 12.1 Å². The van der Waals surface area contributed by atoms with Crippen LogP contribution >= 0.6 is 0 Å². The maximum absolute atomic E-state index is 7.65. The highest BCUT2D eigenvalue weighted by Gasteiger charge is 2.49. The minimum absolute atomic E-state index is 0.299. The number of furan rings is 2. The van der Waals surface area contributed by atoms with Crippen LogP contribution in [0, 0.1) is 0 Å². The molecule has 14 aromatic carbocycles. The standard InChI is InChI=1S/C84H50B2N2O4/c1-5-23-51(24-6-1)55-41-43-64-76(46-55)91-84-79-63-36-18-22-40-75(63)89-77(79)50-73-81(84)85(64)66-48-67-71(49-70(66)88(73)69-38-20-16-34-60(69)54-29-11-4-12-30-54)87(68-37-19-15-33-59(68)53-27-9-3-10-28-53)72-45-56(58-32-14-13-31-57(58)52-25-7-2-8-26-52)47-78-80(72)86(67)65-44-42-62-61-35-17-21-39-74(61)90-82(62)83(65)92-78/h1-50H. The Morgan fingerprint density at radius 2 is 0.739 bits per heavy atom. The number of anilines is 6. The largest absolute Gasteiger partial charge is 0.458 e. The van der Waals surface area contributed by atoms with E-state index in [-0.39, 0.29) is 13.4 Å². The topological polar surface area (TPSA) is 51.2 Å². The van der Waals surface area contributed by atoms with Crippen LogP contribution in [-0.4, -0.2) is 13.4 Å². The maximum Gasteiger partial charge on any atom is 0.256 e. The van der Waals surface area contributed by atoms with Crippen molar-refractivity contribution in [3.8, 4) is 78.6 Å². The van der Waals surface area contributed by atoms with Crippen molar-refractivity contribution in [3.63, 3.8) is 0 Å². The van der Waals surface area contributed by atoms with Gasteiger partial charge in [0.05, 0.1) is 16.8 Å². The first-order chi connectivity index (χ1) is 45.6. The molecule has 6 heterocycles. The molecule has 0 bridgehead atoms. The number of nitrogens with zero attached hydrogens (tertiary/aromatic N) is 2. The molecular weight excluding hydrogens is 1120 g/mol. The smallest absolute Gasteiger partial charge is 0.256 e. The number of benzene rings is 14. The van der Waals surface area contributed by atoms with E-state index in [4.69, 9.17) is 18.3 Å². The lowest BCUT2D eigenvalue weighted by Crippen LogP contribution is -2.63. The molecule has 4 aliphatic heterocycles. The van der Waals surface area contributed by atoms with E-state index >= 15 is 0 Å². The normalized spacial score (nSPS) is 13.1. The van der Waals surface area contributed by atoms with Gasteiger partial charge >= 0.3 is 0 Å². The molecule has 4 aliphatic rings. The van der Waals surface area contributed by atoms with Gasteiger partial charge in [-0.25, -0.2) is 0 Å². The van der Waals surface area contributed by atoms with Crippen LogP contribution in [0.2, 0.25) is 0 Å². The van der Waals surface area contributed by atoms with Gasteiger partial charge in [0.15, 0.2) is 11.3 Å². The van der Waals surface area contributed by atoms with Gasteiger partial charge in [-0.05, 0) is 126 Å². The minimum atomic E-state index is -0.328. The molecule has 0 N–H and O–H groups in total. The highest BCUT2D eigenvalue weighted by molar-refractivity contribution is 7.02. The molecule has 0 saturated heterocycles. The Bertz CT molecular complexity index is 5750. The van der Waals surface area contributed by atoms with Crippen molar-refractivity contribution in [2.45, 2.75) is 0 Å². The second-order valence-corrected chi connectivity index (χ2v) is 24.5. The van der Waals surface area contributed by atoms with Gasteiger partial charge in [-0.1, -0.05) is 249 Å². The zero-order chi connectivity index (χ0) is 60.1. The maximum atomic E-state index is 7.65. The van der Waals surface area contributed by atoms with Crippen LogP contribution in [-0.2, 0) is 0 Å². The number of ether oxygens (including phenoxy) is 2. The number of fused-ring (bicyclic) bond motifs is 16. The first-order valence-electron chi connectivity index (χ1n) is 31.5. The summed E-state index contributed by atoms with van der Waals surface area (Å²) >= 11 is 0. The molecule has 0 spiro atoms. The van der Waals surface area contributed by atoms with Gasteiger partial charge in [-0.2, -0.15) is 0 Å². The zero-order valence-corrected chi connectivity index (χ0v) is 49.5. The van der Waals surface area contributed by atoms with Crippen molar-refractivity contribution in [2.24, 2.45) is 0 Å². The van der Waals surface area contributed by atoms with E-state index < -0.39 is 0 Å². The van der Waals surface area contributed by atoms with E-state index in [1.165, 1.54) is 0 Å². The fourth-order valence-electron chi connectivity index (χ4n) is 15.6. The second-order valence-electron chi connectivity index (χ2n) is 24.5. The molecule has 426 valence electrons. The molecule has 0 atom stereocenters. The first kappa shape index (κ1) is 51.0. The van der Waals surface area contributed by atoms with Crippen molar-refractivity contribution in [1.82, 2.24) is 0 Å². The third-order valence-electron chi connectivity index (χ3n) is 19.6. The van der Waals surface area contributed by atoms with Gasteiger partial charge in [0.1, 0.15) is 34.0 Å². The Balaban J connectivity index is 0.942. The summed E-state index contributed by atoms with van der Waals surface area (Å²) in [4.78, 5) is 5.06. The lowest BCUT2D eigenvalue weighted by atomic mass is 9.30. The lowest BCUT2D eigenvalue weighted by molar-refractivity contribution is 0.481. The van der Waals surface area contributed by atoms with E-state index in [2.05, 4.69) is 301 Å². The first-order valence-corrected chi connectivity index (χ1v) is 31.5. The predicted molar refractivity (Wildman–Crippen MR) is 380 cm³/mol. The van der Waals surface area contributed by atoms with Crippen LogP contribution in [0.5, 0.6) is 23.0 Å². The molecule has 0 radical (unpaired) electrons. The van der Waals surface area contributed by atoms with Crippen molar-refractivity contribution < 1.29 is 18.3 Å². The SMILES string of the molecule is c1ccc(-c2ccc3c(c2)Oc2c4c(cc5oc6ccccc6c25)N(c2ccccc2-c2ccccc2)c2cc5c(cc2B34)B2c3ccc4c(oc6ccccc64)c3Oc3cc(-c4ccccc4-c4ccccc4)cc(c32)N5c2ccccc2-c2ccccc2)cc1. The third kappa shape index (κ3) is 7.46. The highest BCUT2D eigenvalue weighted by atomic mass is 16.5. The summed E-state index contributed by atoms with van der Waals surface area (Å²) in [5.41, 5.74) is 26.9. The molecule has 2 aromatic heterocycles. The summed E-state index contributed by atoms with van der Waals surface area (Å²) in [5.74, 6) is 3.12. The average molecular weight is 1170 g/mol. The molecule has 0 amide bonds. The highest BCUT2D eigenvalue weighted by Crippen LogP contribution is 2.53. The Hall–Kier alpha value is -12.0. The lowest BCUT2D eigenvalue weighted by Gasteiger charge is -2.45. The molecule has 20 rings (SSSR count). The summed E-state index contributed by atoms with van der Waals surface area (Å²) in [6.07, 6.45) is 0. The quantitative estimate of drug-likeness (QED) is 0.148. The van der Waals surface area contributed by atoms with Gasteiger partial charge in [0, 0.05) is 56.1 Å². The monoisotopic (exact) mass is 1170 g/mol. The van der Waals surface area contributed by atoms with E-state index in [9.17, 15) is 0 Å². The van der Waals surface area contributed by atoms with Gasteiger partial charge < -0.3 is 28.1 Å². The minimum Gasteiger partial charge on any atom is -0.458 e. The van der Waals surface area contributed by atoms with Crippen molar-refractivity contribution >= 4 is 124 Å². The second kappa shape index (κ2) is 19.8. The summed E-state index contributed by atoms with van der Waals surface area (Å²) in [7, 11) is 0. The molecule has 0 fully saturated rings. The van der Waals surface area contributed by atoms with Gasteiger partial charge in [-0.3, -0.25) is 0 Å². The fourth-order valence-corrected chi connectivity index (χ4v) is 15.6. The summed E-state index contributed by atoms with van der Waals surface area (Å²) in [6, 6.07) is 110. The molecule has 0 unspecified atom stereocenters. The van der Waals surface area contributed by atoms with Gasteiger partial charge in [0.25, 0.3) is 13.4 Å². The summed E-state index contributed by atoms with van der Waals surface area (Å²) in [5, 5.41) is 4.02. The molecule has 6 nitrogen and oxygen atoms in total. The number of hydrogen-bond donors (Lipinski definition) is 0. The molecule has 92 heavy (non-hydrogen) atoms. The number of hydrogen-bond acceptors (Lipinski definition) is 6. The van der Waals surface area contributed by atoms with E-state index in [0.717, 1.165) is 189 Å². The zero-order valence-electron chi connectivity index (χ0n) is 49.5. The number of para-hydroxylation sites is 4. The van der Waals surface area contributed by atoms with Crippen LogP contribution in [0.25, 0.3) is 99.5 Å². The van der Waals surface area contributed by atoms with Crippen molar-refractivity contribution in [1.29, 1.82) is 0 Å². The van der Waals surface area contributed by atoms with E-state index in [1.54, 1.807) is 0 Å². The number of rotatable bonds is 7. The van der Waals surface area contributed by atoms with Crippen LogP contribution < -0.4 is 52.1 Å². The molecule has 16 aromatic rings. The van der Waals surface area contributed by atoms with Gasteiger partial charge in [0.2, 0.25) is 0 Å². The molecule has 8 heteroatoms. The van der Waals surface area contributed by atoms with E-state index in [0.29, 0.717) is 0 Å². The third-order valence-corrected chi connectivity index (χ3v) is 19.6. The van der Waals surface area contributed by atoms with Crippen molar-refractivity contribution in [3.05, 3.63) is 303 Å². The molecule has 0 saturated carbocycles. The van der Waals surface area contributed by atoms with Gasteiger partial charge in [-0.15, -0.1) is 0 Å². The Morgan fingerprint density at radius 1 is 0.250 bits per heavy atom. The molecule has 0 aliphatic carbocycles. The summed E-state index contributed by atoms with van der Waals surface area (Å²) in [6.45, 7) is -0.627. The van der Waals surface area contributed by atoms with Crippen LogP contribution in [0.1, 0.15) is 0 Å².